The first kappa shape index (κ1) is 15.6. The molecule has 0 bridgehead atoms. The Morgan fingerprint density at radius 2 is 1.96 bits per heavy atom. The highest BCUT2D eigenvalue weighted by Gasteiger charge is 2.24. The molecule has 1 unspecified atom stereocenters. The molecule has 1 atom stereocenters. The van der Waals surface area contributed by atoms with E-state index < -0.39 is 0 Å². The maximum Gasteiger partial charge on any atom is 0.143 e. The van der Waals surface area contributed by atoms with Gasteiger partial charge in [0.05, 0.1) is 12.1 Å². The van der Waals surface area contributed by atoms with Gasteiger partial charge >= 0.3 is 0 Å². The molecule has 4 nitrogen and oxygen atoms in total. The van der Waals surface area contributed by atoms with E-state index in [0.717, 1.165) is 29.7 Å². The van der Waals surface area contributed by atoms with Gasteiger partial charge in [0.25, 0.3) is 0 Å². The lowest BCUT2D eigenvalue weighted by atomic mass is 10.0. The molecular weight excluding hydrogens is 310 g/mol. The molecule has 0 saturated carbocycles. The summed E-state index contributed by atoms with van der Waals surface area (Å²) in [5.41, 5.74) is 4.84. The normalized spacial score (nSPS) is 17.4. The SMILES string of the molecule is Cc1ccccc1C1CN(c2cc(C#N)nc3ccccc23)CCO1. The third-order valence-electron chi connectivity index (χ3n) is 4.75. The molecule has 1 aliphatic rings. The molecule has 1 aromatic heterocycles. The monoisotopic (exact) mass is 329 g/mol. The number of rotatable bonds is 2. The lowest BCUT2D eigenvalue weighted by Crippen LogP contribution is -2.38. The number of morpholine rings is 1. The zero-order valence-corrected chi connectivity index (χ0v) is 14.1. The second kappa shape index (κ2) is 6.54. The van der Waals surface area contributed by atoms with Gasteiger partial charge < -0.3 is 9.64 Å². The Kier molecular flexibility index (Phi) is 4.09. The molecule has 1 saturated heterocycles. The number of benzene rings is 2. The molecule has 25 heavy (non-hydrogen) atoms. The van der Waals surface area contributed by atoms with E-state index >= 15 is 0 Å². The summed E-state index contributed by atoms with van der Waals surface area (Å²) in [6.45, 7) is 4.36. The van der Waals surface area contributed by atoms with Crippen molar-refractivity contribution in [3.8, 4) is 6.07 Å². The van der Waals surface area contributed by atoms with Crippen molar-refractivity contribution < 1.29 is 4.74 Å². The summed E-state index contributed by atoms with van der Waals surface area (Å²) < 4.78 is 6.04. The fourth-order valence-corrected chi connectivity index (χ4v) is 3.48. The molecule has 4 rings (SSSR count). The fraction of sp³-hybridized carbons (Fsp3) is 0.238. The van der Waals surface area contributed by atoms with Gasteiger partial charge in [-0.1, -0.05) is 42.5 Å². The molecule has 1 fully saturated rings. The van der Waals surface area contributed by atoms with E-state index in [1.807, 2.05) is 24.3 Å². The number of fused-ring (bicyclic) bond motifs is 1. The second-order valence-electron chi connectivity index (χ2n) is 6.32. The highest BCUT2D eigenvalue weighted by molar-refractivity contribution is 5.92. The Hall–Kier alpha value is -2.90. The van der Waals surface area contributed by atoms with Crippen molar-refractivity contribution in [2.75, 3.05) is 24.6 Å². The van der Waals surface area contributed by atoms with Crippen molar-refractivity contribution in [2.45, 2.75) is 13.0 Å². The highest BCUT2D eigenvalue weighted by Crippen LogP contribution is 2.32. The number of aromatic nitrogens is 1. The van der Waals surface area contributed by atoms with Crippen LogP contribution in [0.3, 0.4) is 0 Å². The van der Waals surface area contributed by atoms with Crippen LogP contribution >= 0.6 is 0 Å². The summed E-state index contributed by atoms with van der Waals surface area (Å²) in [6, 6.07) is 20.4. The van der Waals surface area contributed by atoms with Crippen LogP contribution in [0.1, 0.15) is 22.9 Å². The van der Waals surface area contributed by atoms with Crippen molar-refractivity contribution in [1.82, 2.24) is 4.98 Å². The van der Waals surface area contributed by atoms with Crippen LogP contribution in [-0.4, -0.2) is 24.7 Å². The van der Waals surface area contributed by atoms with Crippen LogP contribution < -0.4 is 4.90 Å². The van der Waals surface area contributed by atoms with Gasteiger partial charge in [0.15, 0.2) is 0 Å². The number of anilines is 1. The maximum atomic E-state index is 9.33. The molecule has 0 spiro atoms. The van der Waals surface area contributed by atoms with Gasteiger partial charge in [-0.15, -0.1) is 0 Å². The van der Waals surface area contributed by atoms with Crippen molar-refractivity contribution >= 4 is 16.6 Å². The highest BCUT2D eigenvalue weighted by atomic mass is 16.5. The Labute approximate surface area is 147 Å². The zero-order chi connectivity index (χ0) is 17.2. The number of nitrogens with zero attached hydrogens (tertiary/aromatic N) is 3. The van der Waals surface area contributed by atoms with Crippen LogP contribution in [0.4, 0.5) is 5.69 Å². The quantitative estimate of drug-likeness (QED) is 0.713. The first-order chi connectivity index (χ1) is 12.3. The van der Waals surface area contributed by atoms with Gasteiger partial charge in [0.1, 0.15) is 17.9 Å². The Morgan fingerprint density at radius 1 is 1.16 bits per heavy atom. The summed E-state index contributed by atoms with van der Waals surface area (Å²) >= 11 is 0. The third kappa shape index (κ3) is 2.95. The Bertz CT molecular complexity index is 961. The molecule has 4 heteroatoms. The molecule has 1 aliphatic heterocycles. The lowest BCUT2D eigenvalue weighted by molar-refractivity contribution is 0.0395. The molecule has 124 valence electrons. The summed E-state index contributed by atoms with van der Waals surface area (Å²) in [6.07, 6.45) is 0.0346. The first-order valence-electron chi connectivity index (χ1n) is 8.48. The van der Waals surface area contributed by atoms with E-state index in [-0.39, 0.29) is 6.10 Å². The molecule has 0 aliphatic carbocycles. The molecular formula is C21H19N3O. The topological polar surface area (TPSA) is 49.2 Å². The van der Waals surface area contributed by atoms with E-state index in [2.05, 4.69) is 53.2 Å². The predicted octanol–water partition coefficient (Wildman–Crippen LogP) is 3.99. The van der Waals surface area contributed by atoms with Crippen LogP contribution in [0.15, 0.2) is 54.6 Å². The van der Waals surface area contributed by atoms with Crippen molar-refractivity contribution in [1.29, 1.82) is 5.26 Å². The summed E-state index contributed by atoms with van der Waals surface area (Å²) in [7, 11) is 0. The van der Waals surface area contributed by atoms with Gasteiger partial charge in [-0.3, -0.25) is 0 Å². The standard InChI is InChI=1S/C21H19N3O/c1-15-6-2-3-7-17(15)21-14-24(10-11-25-21)20-12-16(13-22)23-19-9-5-4-8-18(19)20/h2-9,12,21H,10-11,14H2,1H3. The average molecular weight is 329 g/mol. The smallest absolute Gasteiger partial charge is 0.143 e. The number of para-hydroxylation sites is 1. The summed E-state index contributed by atoms with van der Waals surface area (Å²) in [5.74, 6) is 0. The zero-order valence-electron chi connectivity index (χ0n) is 14.1. The summed E-state index contributed by atoms with van der Waals surface area (Å²) in [5, 5.41) is 10.4. The average Bonchev–Trinajstić information content (AvgIpc) is 2.67. The number of nitriles is 1. The van der Waals surface area contributed by atoms with Crippen molar-refractivity contribution in [3.63, 3.8) is 0 Å². The molecule has 0 amide bonds. The van der Waals surface area contributed by atoms with E-state index in [1.54, 1.807) is 0 Å². The van der Waals surface area contributed by atoms with Crippen LogP contribution in [0.2, 0.25) is 0 Å². The number of ether oxygens (including phenoxy) is 1. The molecule has 0 radical (unpaired) electrons. The lowest BCUT2D eigenvalue weighted by Gasteiger charge is -2.36. The molecule has 0 N–H and O–H groups in total. The van der Waals surface area contributed by atoms with Gasteiger partial charge in [-0.25, -0.2) is 4.98 Å². The summed E-state index contributed by atoms with van der Waals surface area (Å²) in [4.78, 5) is 6.73. The van der Waals surface area contributed by atoms with Gasteiger partial charge in [-0.2, -0.15) is 5.26 Å². The predicted molar refractivity (Wildman–Crippen MR) is 98.5 cm³/mol. The number of hydrogen-bond donors (Lipinski definition) is 0. The minimum absolute atomic E-state index is 0.0346. The number of aryl methyl sites for hydroxylation is 1. The molecule has 2 aromatic carbocycles. The third-order valence-corrected chi connectivity index (χ3v) is 4.75. The van der Waals surface area contributed by atoms with E-state index in [1.165, 1.54) is 11.1 Å². The minimum atomic E-state index is 0.0346. The Balaban J connectivity index is 1.74. The Morgan fingerprint density at radius 3 is 2.80 bits per heavy atom. The van der Waals surface area contributed by atoms with Crippen LogP contribution in [0, 0.1) is 18.3 Å². The fourth-order valence-electron chi connectivity index (χ4n) is 3.48. The van der Waals surface area contributed by atoms with Crippen LogP contribution in [0.5, 0.6) is 0 Å². The van der Waals surface area contributed by atoms with E-state index in [4.69, 9.17) is 4.74 Å². The second-order valence-corrected chi connectivity index (χ2v) is 6.32. The van der Waals surface area contributed by atoms with E-state index in [9.17, 15) is 5.26 Å². The van der Waals surface area contributed by atoms with Crippen molar-refractivity contribution in [3.05, 3.63) is 71.4 Å². The van der Waals surface area contributed by atoms with Gasteiger partial charge in [0, 0.05) is 24.2 Å². The van der Waals surface area contributed by atoms with Gasteiger partial charge in [0.2, 0.25) is 0 Å². The maximum absolute atomic E-state index is 9.33. The minimum Gasteiger partial charge on any atom is -0.370 e. The first-order valence-corrected chi connectivity index (χ1v) is 8.48. The van der Waals surface area contributed by atoms with Gasteiger partial charge in [-0.05, 0) is 30.2 Å². The van der Waals surface area contributed by atoms with Crippen LogP contribution in [-0.2, 0) is 4.74 Å². The molecule has 2 heterocycles. The number of hydrogen-bond acceptors (Lipinski definition) is 4. The largest absolute Gasteiger partial charge is 0.370 e. The molecule has 3 aromatic rings. The number of pyridine rings is 1. The van der Waals surface area contributed by atoms with Crippen molar-refractivity contribution in [2.24, 2.45) is 0 Å². The van der Waals surface area contributed by atoms with Crippen LogP contribution in [0.25, 0.3) is 10.9 Å². The van der Waals surface area contributed by atoms with E-state index in [0.29, 0.717) is 12.3 Å².